The largest absolute Gasteiger partial charge is 0.483 e. The Kier molecular flexibility index (Phi) is 7.15. The van der Waals surface area contributed by atoms with Gasteiger partial charge in [0.25, 0.3) is 5.91 Å². The van der Waals surface area contributed by atoms with Crippen LogP contribution in [0.15, 0.2) is 36.5 Å². The van der Waals surface area contributed by atoms with Gasteiger partial charge in [-0.15, -0.1) is 0 Å². The molecule has 0 aliphatic rings. The molecule has 1 heterocycles. The van der Waals surface area contributed by atoms with Gasteiger partial charge in [-0.3, -0.25) is 9.78 Å². The molecule has 0 fully saturated rings. The predicted molar refractivity (Wildman–Crippen MR) is 94.3 cm³/mol. The van der Waals surface area contributed by atoms with Gasteiger partial charge in [-0.25, -0.2) is 0 Å². The Morgan fingerprint density at radius 2 is 1.96 bits per heavy atom. The number of ether oxygens (including phenoxy) is 2. The fourth-order valence-electron chi connectivity index (χ4n) is 1.99. The van der Waals surface area contributed by atoms with Gasteiger partial charge in [-0.1, -0.05) is 23.2 Å². The number of carbonyl (C=O) groups excluding carboxylic acids is 1. The lowest BCUT2D eigenvalue weighted by molar-refractivity contribution is -0.153. The van der Waals surface area contributed by atoms with Gasteiger partial charge in [-0.2, -0.15) is 13.2 Å². The highest BCUT2D eigenvalue weighted by Crippen LogP contribution is 2.27. The monoisotopic (exact) mass is 422 g/mol. The van der Waals surface area contributed by atoms with Crippen molar-refractivity contribution in [1.82, 2.24) is 10.3 Å². The van der Waals surface area contributed by atoms with Crippen molar-refractivity contribution in [2.24, 2.45) is 0 Å². The molecule has 1 amide bonds. The molecule has 1 aromatic heterocycles. The van der Waals surface area contributed by atoms with Crippen LogP contribution in [0.3, 0.4) is 0 Å². The first-order valence-corrected chi connectivity index (χ1v) is 8.42. The number of hydrogen-bond donors (Lipinski definition) is 1. The standard InChI is InChI=1S/C17H15Cl2F3N2O3/c1-10(14-4-3-12(7-23-14)27-9-17(20,21)22)24-16(25)8-26-15-5-2-11(18)6-13(15)19/h2-7,10H,8-9H2,1H3,(H,24,25). The average Bonchev–Trinajstić information content (AvgIpc) is 2.59. The molecule has 1 atom stereocenters. The van der Waals surface area contributed by atoms with Crippen LogP contribution < -0.4 is 14.8 Å². The van der Waals surface area contributed by atoms with Crippen LogP contribution in [0, 0.1) is 0 Å². The van der Waals surface area contributed by atoms with Gasteiger partial charge in [0.1, 0.15) is 11.5 Å². The van der Waals surface area contributed by atoms with Gasteiger partial charge >= 0.3 is 6.18 Å². The molecule has 0 saturated carbocycles. The first kappa shape index (κ1) is 21.1. The van der Waals surface area contributed by atoms with Crippen LogP contribution in [0.25, 0.3) is 0 Å². The van der Waals surface area contributed by atoms with Crippen LogP contribution in [-0.4, -0.2) is 30.3 Å². The third kappa shape index (κ3) is 7.15. The van der Waals surface area contributed by atoms with E-state index in [1.165, 1.54) is 18.2 Å². The molecule has 0 saturated heterocycles. The van der Waals surface area contributed by atoms with E-state index < -0.39 is 24.7 Å². The van der Waals surface area contributed by atoms with Crippen LogP contribution in [0.2, 0.25) is 10.0 Å². The number of carbonyl (C=O) groups is 1. The lowest BCUT2D eigenvalue weighted by Gasteiger charge is -2.15. The van der Waals surface area contributed by atoms with Crippen LogP contribution >= 0.6 is 23.2 Å². The minimum Gasteiger partial charge on any atom is -0.483 e. The van der Waals surface area contributed by atoms with E-state index in [2.05, 4.69) is 15.0 Å². The van der Waals surface area contributed by atoms with Crippen molar-refractivity contribution in [3.05, 3.63) is 52.3 Å². The van der Waals surface area contributed by atoms with E-state index in [-0.39, 0.29) is 17.4 Å². The molecule has 0 bridgehead atoms. The van der Waals surface area contributed by atoms with Crippen molar-refractivity contribution < 1.29 is 27.4 Å². The van der Waals surface area contributed by atoms with E-state index >= 15 is 0 Å². The highest BCUT2D eigenvalue weighted by Gasteiger charge is 2.28. The van der Waals surface area contributed by atoms with E-state index in [1.54, 1.807) is 19.1 Å². The Hall–Kier alpha value is -2.19. The molecular formula is C17H15Cl2F3N2O3. The zero-order valence-corrected chi connectivity index (χ0v) is 15.5. The SMILES string of the molecule is CC(NC(=O)COc1ccc(Cl)cc1Cl)c1ccc(OCC(F)(F)F)cn1. The molecule has 5 nitrogen and oxygen atoms in total. The van der Waals surface area contributed by atoms with Crippen molar-refractivity contribution in [2.45, 2.75) is 19.1 Å². The zero-order valence-electron chi connectivity index (χ0n) is 14.0. The summed E-state index contributed by atoms with van der Waals surface area (Å²) in [5.41, 5.74) is 0.451. The van der Waals surface area contributed by atoms with Gasteiger partial charge in [0, 0.05) is 5.02 Å². The second kappa shape index (κ2) is 9.14. The van der Waals surface area contributed by atoms with Crippen LogP contribution in [0.4, 0.5) is 13.2 Å². The quantitative estimate of drug-likeness (QED) is 0.708. The summed E-state index contributed by atoms with van der Waals surface area (Å²) in [6.07, 6.45) is -3.26. The minimum absolute atomic E-state index is 0.0182. The number of benzene rings is 1. The summed E-state index contributed by atoms with van der Waals surface area (Å²) in [6.45, 7) is -0.00483. The number of halogens is 5. The Balaban J connectivity index is 1.84. The summed E-state index contributed by atoms with van der Waals surface area (Å²) < 4.78 is 46.2. The zero-order chi connectivity index (χ0) is 20.0. The van der Waals surface area contributed by atoms with Gasteiger partial charge in [0.2, 0.25) is 0 Å². The van der Waals surface area contributed by atoms with E-state index in [0.717, 1.165) is 6.20 Å². The molecule has 27 heavy (non-hydrogen) atoms. The third-order valence-electron chi connectivity index (χ3n) is 3.24. The number of rotatable bonds is 7. The molecule has 1 unspecified atom stereocenters. The molecule has 0 aliphatic carbocycles. The second-order valence-electron chi connectivity index (χ2n) is 5.48. The number of nitrogens with zero attached hydrogens (tertiary/aromatic N) is 1. The summed E-state index contributed by atoms with van der Waals surface area (Å²) >= 11 is 11.7. The van der Waals surface area contributed by atoms with Crippen LogP contribution in [0.5, 0.6) is 11.5 Å². The van der Waals surface area contributed by atoms with E-state index in [9.17, 15) is 18.0 Å². The Labute approximate surface area is 163 Å². The average molecular weight is 423 g/mol. The van der Waals surface area contributed by atoms with Gasteiger partial charge in [0.05, 0.1) is 23.0 Å². The first-order chi connectivity index (χ1) is 12.6. The number of pyridine rings is 1. The molecule has 0 spiro atoms. The Morgan fingerprint density at radius 3 is 2.56 bits per heavy atom. The fourth-order valence-corrected chi connectivity index (χ4v) is 2.45. The summed E-state index contributed by atoms with van der Waals surface area (Å²) in [4.78, 5) is 16.0. The fraction of sp³-hybridized carbons (Fsp3) is 0.294. The summed E-state index contributed by atoms with van der Waals surface area (Å²) in [5.74, 6) is -0.129. The molecule has 10 heteroatoms. The van der Waals surface area contributed by atoms with E-state index in [1.807, 2.05) is 0 Å². The second-order valence-corrected chi connectivity index (χ2v) is 6.32. The number of hydrogen-bond acceptors (Lipinski definition) is 4. The molecule has 2 aromatic rings. The molecule has 0 radical (unpaired) electrons. The molecular weight excluding hydrogens is 408 g/mol. The Bertz CT molecular complexity index is 786. The topological polar surface area (TPSA) is 60.5 Å². The lowest BCUT2D eigenvalue weighted by atomic mass is 10.2. The van der Waals surface area contributed by atoms with Crippen molar-refractivity contribution in [2.75, 3.05) is 13.2 Å². The number of amides is 1. The third-order valence-corrected chi connectivity index (χ3v) is 3.77. The maximum absolute atomic E-state index is 12.1. The molecule has 0 aliphatic heterocycles. The van der Waals surface area contributed by atoms with Crippen LogP contribution in [0.1, 0.15) is 18.7 Å². The van der Waals surface area contributed by atoms with Crippen molar-refractivity contribution in [1.29, 1.82) is 0 Å². The maximum Gasteiger partial charge on any atom is 0.422 e. The summed E-state index contributed by atoms with van der Waals surface area (Å²) in [5, 5.41) is 3.38. The summed E-state index contributed by atoms with van der Waals surface area (Å²) in [6, 6.07) is 6.94. The lowest BCUT2D eigenvalue weighted by Crippen LogP contribution is -2.31. The number of aromatic nitrogens is 1. The van der Waals surface area contributed by atoms with Crippen molar-refractivity contribution in [3.63, 3.8) is 0 Å². The first-order valence-electron chi connectivity index (χ1n) is 7.67. The van der Waals surface area contributed by atoms with E-state index in [4.69, 9.17) is 27.9 Å². The predicted octanol–water partition coefficient (Wildman–Crippen LogP) is 4.59. The summed E-state index contributed by atoms with van der Waals surface area (Å²) in [7, 11) is 0. The van der Waals surface area contributed by atoms with E-state index in [0.29, 0.717) is 16.5 Å². The normalized spacial score (nSPS) is 12.4. The highest BCUT2D eigenvalue weighted by atomic mass is 35.5. The minimum atomic E-state index is -4.42. The maximum atomic E-state index is 12.1. The van der Waals surface area contributed by atoms with Gasteiger partial charge in [0.15, 0.2) is 13.2 Å². The number of alkyl halides is 3. The Morgan fingerprint density at radius 1 is 1.22 bits per heavy atom. The van der Waals surface area contributed by atoms with Gasteiger partial charge in [-0.05, 0) is 37.3 Å². The molecule has 146 valence electrons. The molecule has 1 aromatic carbocycles. The van der Waals surface area contributed by atoms with Gasteiger partial charge < -0.3 is 14.8 Å². The van der Waals surface area contributed by atoms with Crippen LogP contribution in [-0.2, 0) is 4.79 Å². The smallest absolute Gasteiger partial charge is 0.422 e. The molecule has 1 N–H and O–H groups in total. The number of nitrogens with one attached hydrogen (secondary N) is 1. The molecule has 2 rings (SSSR count). The van der Waals surface area contributed by atoms with Crippen molar-refractivity contribution in [3.8, 4) is 11.5 Å². The van der Waals surface area contributed by atoms with Crippen molar-refractivity contribution >= 4 is 29.1 Å². The highest BCUT2D eigenvalue weighted by molar-refractivity contribution is 6.35.